The summed E-state index contributed by atoms with van der Waals surface area (Å²) in [6.07, 6.45) is 3.17. The van der Waals surface area contributed by atoms with Crippen molar-refractivity contribution in [2.45, 2.75) is 0 Å². The van der Waals surface area contributed by atoms with E-state index in [1.807, 2.05) is 0 Å². The van der Waals surface area contributed by atoms with Crippen LogP contribution in [0.5, 0.6) is 0 Å². The molecule has 60 valence electrons. The minimum Gasteiger partial charge on any atom is -0.465 e. The monoisotopic (exact) mass is 387 g/mol. The van der Waals surface area contributed by atoms with E-state index in [9.17, 15) is 0 Å². The van der Waals surface area contributed by atoms with Gasteiger partial charge in [-0.15, -0.1) is 0 Å². The molecule has 2 aromatic heterocycles. The second-order valence-electron chi connectivity index (χ2n) is 1.86. The number of nitrogens with one attached hydrogen (secondary N) is 1. The van der Waals surface area contributed by atoms with E-state index in [0.29, 0.717) is 11.1 Å². The summed E-state index contributed by atoms with van der Waals surface area (Å²) >= 11 is 0. The van der Waals surface area contributed by atoms with E-state index in [1.54, 1.807) is 18.5 Å². The third kappa shape index (κ3) is 1.99. The van der Waals surface area contributed by atoms with Crippen molar-refractivity contribution in [2.75, 3.05) is 0 Å². The normalized spacial score (nSPS) is 8.67. The molecule has 0 aliphatic rings. The van der Waals surface area contributed by atoms with E-state index < -0.39 is 0 Å². The Morgan fingerprint density at radius 3 is 2.83 bits per heavy atom. The van der Waals surface area contributed by atoms with Crippen molar-refractivity contribution in [3.8, 4) is 0 Å². The molecule has 5 heteroatoms. The van der Waals surface area contributed by atoms with Crippen LogP contribution in [0.2, 0.25) is 0 Å². The third-order valence-electron chi connectivity index (χ3n) is 1.19. The zero-order chi connectivity index (χ0) is 6.97. The van der Waals surface area contributed by atoms with Gasteiger partial charge in [-0.05, 0) is 6.07 Å². The molecule has 0 aliphatic carbocycles. The molecule has 0 spiro atoms. The summed E-state index contributed by atoms with van der Waals surface area (Å²) in [6.45, 7) is 0. The first-order valence-corrected chi connectivity index (χ1v) is 2.78. The van der Waals surface area contributed by atoms with Gasteiger partial charge in [0.25, 0.3) is 0 Å². The standard InChI is InChI=1S/C6H4N3O.CH3.U/c7-6-9-4-3-8-2-1-5(4)10-6;;/h1-3H,(H-,7,9);1H3;/q2*-1;+2. The first-order chi connectivity index (χ1) is 4.86. The average molecular weight is 387 g/mol. The van der Waals surface area contributed by atoms with Gasteiger partial charge < -0.3 is 22.6 Å². The number of rotatable bonds is 0. The zero-order valence-corrected chi connectivity index (χ0v) is 10.7. The Kier molecular flexibility index (Phi) is 4.29. The van der Waals surface area contributed by atoms with Crippen LogP contribution >= 0.6 is 0 Å². The van der Waals surface area contributed by atoms with E-state index in [4.69, 9.17) is 10.2 Å². The maximum atomic E-state index is 7.02. The smallest absolute Gasteiger partial charge is 0.465 e. The summed E-state index contributed by atoms with van der Waals surface area (Å²) in [5.74, 6) is 0. The second-order valence-corrected chi connectivity index (χ2v) is 1.86. The van der Waals surface area contributed by atoms with E-state index in [1.165, 1.54) is 0 Å². The van der Waals surface area contributed by atoms with Gasteiger partial charge in [-0.2, -0.15) is 0 Å². The van der Waals surface area contributed by atoms with Crippen molar-refractivity contribution >= 4 is 17.1 Å². The van der Waals surface area contributed by atoms with Gasteiger partial charge in [0, 0.05) is 17.9 Å². The number of fused-ring (bicyclic) bond motifs is 1. The van der Waals surface area contributed by atoms with Crippen LogP contribution in [-0.4, -0.2) is 9.97 Å². The number of aromatic nitrogens is 2. The predicted molar refractivity (Wildman–Crippen MR) is 42.2 cm³/mol. The first kappa shape index (κ1) is 11.5. The van der Waals surface area contributed by atoms with Crippen molar-refractivity contribution in [3.63, 3.8) is 0 Å². The topological polar surface area (TPSA) is 62.7 Å². The summed E-state index contributed by atoms with van der Waals surface area (Å²) < 4.78 is 4.88. The predicted octanol–water partition coefficient (Wildman–Crippen LogP) is 2.36. The minimum absolute atomic E-state index is 0. The average Bonchev–Trinajstić information content (AvgIpc) is 2.27. The minimum atomic E-state index is -0.0667. The van der Waals surface area contributed by atoms with Crippen LogP contribution in [0.4, 0.5) is 6.01 Å². The van der Waals surface area contributed by atoms with Crippen molar-refractivity contribution in [1.82, 2.24) is 9.97 Å². The van der Waals surface area contributed by atoms with Gasteiger partial charge in [0.2, 0.25) is 0 Å². The number of pyridine rings is 1. The van der Waals surface area contributed by atoms with Gasteiger partial charge in [-0.25, -0.2) is 0 Å². The molecular weight excluding hydrogens is 380 g/mol. The fraction of sp³-hybridized carbons (Fsp3) is 0. The Hall–Kier alpha value is -0.528. The van der Waals surface area contributed by atoms with E-state index in [2.05, 4.69) is 9.97 Å². The van der Waals surface area contributed by atoms with Gasteiger partial charge in [-0.3, -0.25) is 4.98 Å². The molecular formula is C7H7N3OU. The molecule has 2 heterocycles. The van der Waals surface area contributed by atoms with Crippen LogP contribution in [0.25, 0.3) is 16.8 Å². The van der Waals surface area contributed by atoms with E-state index >= 15 is 0 Å². The molecule has 0 amide bonds. The Morgan fingerprint density at radius 1 is 1.42 bits per heavy atom. The zero-order valence-electron chi connectivity index (χ0n) is 6.53. The van der Waals surface area contributed by atoms with Gasteiger partial charge in [0.1, 0.15) is 11.6 Å². The van der Waals surface area contributed by atoms with Crippen molar-refractivity contribution < 1.29 is 35.5 Å². The summed E-state index contributed by atoms with van der Waals surface area (Å²) in [6, 6.07) is 1.61. The summed E-state index contributed by atoms with van der Waals surface area (Å²) in [7, 11) is 0. The fourth-order valence-corrected chi connectivity index (χ4v) is 0.780. The Balaban J connectivity index is 0.000000605. The quantitative estimate of drug-likeness (QED) is 0.652. The molecule has 0 aromatic carbocycles. The van der Waals surface area contributed by atoms with Crippen molar-refractivity contribution in [3.05, 3.63) is 31.6 Å². The van der Waals surface area contributed by atoms with Crippen LogP contribution in [0, 0.1) is 38.5 Å². The third-order valence-corrected chi connectivity index (χ3v) is 1.19. The van der Waals surface area contributed by atoms with Crippen molar-refractivity contribution in [2.24, 2.45) is 0 Å². The summed E-state index contributed by atoms with van der Waals surface area (Å²) in [4.78, 5) is 7.57. The molecule has 4 nitrogen and oxygen atoms in total. The van der Waals surface area contributed by atoms with E-state index in [0.717, 1.165) is 0 Å². The van der Waals surface area contributed by atoms with Crippen LogP contribution in [0.3, 0.4) is 0 Å². The summed E-state index contributed by atoms with van der Waals surface area (Å²) in [5, 5.41) is 0. The molecule has 0 radical (unpaired) electrons. The number of nitrogens with zero attached hydrogens (tertiary/aromatic N) is 2. The van der Waals surface area contributed by atoms with Gasteiger partial charge in [-0.1, -0.05) is 0 Å². The van der Waals surface area contributed by atoms with E-state index in [-0.39, 0.29) is 44.6 Å². The SMILES string of the molecule is [CH3-].[NH-]c1nc2cnccc2o1.[U+2]. The van der Waals surface area contributed by atoms with Gasteiger partial charge in [0.15, 0.2) is 0 Å². The maximum absolute atomic E-state index is 7.02. The molecule has 1 N–H and O–H groups in total. The Bertz CT molecular complexity index is 327. The molecule has 12 heavy (non-hydrogen) atoms. The molecule has 0 saturated carbocycles. The molecule has 0 atom stereocenters. The number of oxazole rings is 1. The molecule has 0 bridgehead atoms. The number of hydrogen-bond donors (Lipinski definition) is 0. The van der Waals surface area contributed by atoms with Gasteiger partial charge >= 0.3 is 31.1 Å². The summed E-state index contributed by atoms with van der Waals surface area (Å²) in [5.41, 5.74) is 8.26. The molecule has 2 rings (SSSR count). The largest absolute Gasteiger partial charge is 2.00 e. The molecule has 0 fully saturated rings. The Labute approximate surface area is 93.9 Å². The van der Waals surface area contributed by atoms with Crippen LogP contribution in [-0.2, 0) is 0 Å². The van der Waals surface area contributed by atoms with Crippen LogP contribution in [0.1, 0.15) is 0 Å². The number of hydrogen-bond acceptors (Lipinski definition) is 3. The molecule has 0 unspecified atom stereocenters. The van der Waals surface area contributed by atoms with Crippen LogP contribution < -0.4 is 0 Å². The Morgan fingerprint density at radius 2 is 2.17 bits per heavy atom. The molecule has 2 aromatic rings. The fourth-order valence-electron chi connectivity index (χ4n) is 0.780. The molecule has 0 saturated heterocycles. The molecule has 0 aliphatic heterocycles. The first-order valence-electron chi connectivity index (χ1n) is 2.78. The van der Waals surface area contributed by atoms with Crippen molar-refractivity contribution in [1.29, 1.82) is 0 Å². The van der Waals surface area contributed by atoms with Crippen LogP contribution in [0.15, 0.2) is 22.9 Å². The second kappa shape index (κ2) is 4.49. The van der Waals surface area contributed by atoms with Gasteiger partial charge in [0.05, 0.1) is 0 Å². The maximum Gasteiger partial charge on any atom is 2.00 e.